The number of nitrogens with two attached hydrogens (primary N) is 1. The van der Waals surface area contributed by atoms with Gasteiger partial charge in [0.05, 0.1) is 5.54 Å². The molecule has 100 valence electrons. The topological polar surface area (TPSA) is 92.9 Å². The maximum absolute atomic E-state index is 12.2. The molecule has 0 fully saturated rings. The van der Waals surface area contributed by atoms with Gasteiger partial charge in [-0.05, 0) is 26.0 Å². The molecule has 0 radical (unpaired) electrons. The second kappa shape index (κ2) is 5.33. The Morgan fingerprint density at radius 3 is 2.79 bits per heavy atom. The van der Waals surface area contributed by atoms with Gasteiger partial charge in [0, 0.05) is 23.3 Å². The van der Waals surface area contributed by atoms with Gasteiger partial charge in [0.1, 0.15) is 10.8 Å². The van der Waals surface area contributed by atoms with E-state index in [0.717, 1.165) is 5.01 Å². The molecule has 0 aliphatic rings. The molecule has 0 aliphatic heterocycles. The van der Waals surface area contributed by atoms with E-state index in [9.17, 15) is 4.79 Å². The minimum Gasteiger partial charge on any atom is -0.341 e. The van der Waals surface area contributed by atoms with Gasteiger partial charge in [0.2, 0.25) is 0 Å². The van der Waals surface area contributed by atoms with Crippen LogP contribution in [0.5, 0.6) is 0 Å². The van der Waals surface area contributed by atoms with E-state index in [1.165, 1.54) is 17.5 Å². The average Bonchev–Trinajstić information content (AvgIpc) is 2.93. The summed E-state index contributed by atoms with van der Waals surface area (Å²) in [4.78, 5) is 20.4. The third kappa shape index (κ3) is 3.07. The molecule has 0 saturated carbocycles. The molecule has 2 aromatic heterocycles. The Morgan fingerprint density at radius 1 is 1.37 bits per heavy atom. The molecule has 0 spiro atoms. The lowest BCUT2D eigenvalue weighted by molar-refractivity contribution is 0.0912. The van der Waals surface area contributed by atoms with Crippen molar-refractivity contribution in [2.75, 3.05) is 5.43 Å². The zero-order valence-electron chi connectivity index (χ0n) is 10.7. The third-order valence-electron chi connectivity index (χ3n) is 2.56. The number of anilines is 1. The molecule has 0 aromatic carbocycles. The van der Waals surface area contributed by atoms with Gasteiger partial charge in [-0.3, -0.25) is 4.79 Å². The van der Waals surface area contributed by atoms with Gasteiger partial charge in [0.25, 0.3) is 5.91 Å². The van der Waals surface area contributed by atoms with Crippen LogP contribution in [-0.2, 0) is 5.54 Å². The number of hydrazine groups is 1. The number of nitrogen functional groups attached to an aromatic ring is 1. The van der Waals surface area contributed by atoms with Crippen LogP contribution < -0.4 is 16.6 Å². The normalized spacial score (nSPS) is 11.1. The van der Waals surface area contributed by atoms with Crippen molar-refractivity contribution in [1.82, 2.24) is 15.3 Å². The highest BCUT2D eigenvalue weighted by atomic mass is 32.1. The maximum Gasteiger partial charge on any atom is 0.252 e. The van der Waals surface area contributed by atoms with Gasteiger partial charge in [-0.15, -0.1) is 11.3 Å². The molecule has 1 amide bonds. The second-order valence-electron chi connectivity index (χ2n) is 4.49. The first-order valence-corrected chi connectivity index (χ1v) is 6.56. The zero-order chi connectivity index (χ0) is 13.9. The molecule has 0 aliphatic carbocycles. The van der Waals surface area contributed by atoms with Crippen molar-refractivity contribution in [2.45, 2.75) is 19.4 Å². The Morgan fingerprint density at radius 2 is 2.16 bits per heavy atom. The number of hydrogen-bond acceptors (Lipinski definition) is 6. The van der Waals surface area contributed by atoms with E-state index in [4.69, 9.17) is 5.84 Å². The summed E-state index contributed by atoms with van der Waals surface area (Å²) in [6, 6.07) is 3.22. The smallest absolute Gasteiger partial charge is 0.252 e. The number of nitrogens with zero attached hydrogens (tertiary/aromatic N) is 2. The van der Waals surface area contributed by atoms with Gasteiger partial charge in [-0.2, -0.15) is 0 Å². The number of hydrogen-bond donors (Lipinski definition) is 3. The lowest BCUT2D eigenvalue weighted by Gasteiger charge is -2.23. The van der Waals surface area contributed by atoms with Gasteiger partial charge in [0.15, 0.2) is 0 Å². The predicted octanol–water partition coefficient (Wildman–Crippen LogP) is 1.49. The fourth-order valence-corrected chi connectivity index (χ4v) is 2.31. The molecule has 0 unspecified atom stereocenters. The highest BCUT2D eigenvalue weighted by molar-refractivity contribution is 7.09. The molecular weight excluding hydrogens is 262 g/mol. The number of pyridine rings is 1. The first kappa shape index (κ1) is 13.4. The summed E-state index contributed by atoms with van der Waals surface area (Å²) < 4.78 is 0. The highest BCUT2D eigenvalue weighted by Crippen LogP contribution is 2.22. The molecule has 19 heavy (non-hydrogen) atoms. The number of aromatic nitrogens is 2. The second-order valence-corrected chi connectivity index (χ2v) is 5.39. The van der Waals surface area contributed by atoms with Crippen LogP contribution in [0.1, 0.15) is 29.2 Å². The van der Waals surface area contributed by atoms with Crippen molar-refractivity contribution >= 4 is 23.1 Å². The molecule has 7 heteroatoms. The van der Waals surface area contributed by atoms with E-state index in [0.29, 0.717) is 11.4 Å². The van der Waals surface area contributed by atoms with E-state index < -0.39 is 5.54 Å². The van der Waals surface area contributed by atoms with Gasteiger partial charge < -0.3 is 10.7 Å². The van der Waals surface area contributed by atoms with Crippen molar-refractivity contribution in [1.29, 1.82) is 0 Å². The molecule has 2 heterocycles. The zero-order valence-corrected chi connectivity index (χ0v) is 11.5. The van der Waals surface area contributed by atoms with E-state index in [1.54, 1.807) is 18.3 Å². The number of thiazole rings is 1. The minimum absolute atomic E-state index is 0.195. The molecule has 4 N–H and O–H groups in total. The molecule has 0 atom stereocenters. The van der Waals surface area contributed by atoms with E-state index in [2.05, 4.69) is 20.7 Å². The average molecular weight is 277 g/mol. The summed E-state index contributed by atoms with van der Waals surface area (Å²) in [6.07, 6.45) is 3.25. The summed E-state index contributed by atoms with van der Waals surface area (Å²) in [5.74, 6) is 5.52. The molecule has 0 saturated heterocycles. The summed E-state index contributed by atoms with van der Waals surface area (Å²) in [7, 11) is 0. The van der Waals surface area contributed by atoms with Gasteiger partial charge in [-0.1, -0.05) is 0 Å². The van der Waals surface area contributed by atoms with Crippen molar-refractivity contribution in [2.24, 2.45) is 5.84 Å². The molecule has 0 bridgehead atoms. The molecular formula is C12H15N5OS. The van der Waals surface area contributed by atoms with E-state index >= 15 is 0 Å². The summed E-state index contributed by atoms with van der Waals surface area (Å²) in [5, 5.41) is 5.67. The van der Waals surface area contributed by atoms with Crippen LogP contribution in [0.25, 0.3) is 0 Å². The largest absolute Gasteiger partial charge is 0.341 e. The predicted molar refractivity (Wildman–Crippen MR) is 74.7 cm³/mol. The van der Waals surface area contributed by atoms with E-state index in [1.807, 2.05) is 19.2 Å². The van der Waals surface area contributed by atoms with Gasteiger partial charge >= 0.3 is 0 Å². The quantitative estimate of drug-likeness (QED) is 0.581. The minimum atomic E-state index is -0.523. The molecule has 6 nitrogen and oxygen atoms in total. The lowest BCUT2D eigenvalue weighted by atomic mass is 10.1. The number of nitrogens with one attached hydrogen (secondary N) is 2. The van der Waals surface area contributed by atoms with Crippen LogP contribution in [0.4, 0.5) is 5.82 Å². The van der Waals surface area contributed by atoms with Crippen LogP contribution in [0.15, 0.2) is 29.9 Å². The van der Waals surface area contributed by atoms with E-state index in [-0.39, 0.29) is 5.91 Å². The number of carbonyl (C=O) groups excluding carboxylic acids is 1. The maximum atomic E-state index is 12.2. The molecule has 2 rings (SSSR count). The first-order valence-electron chi connectivity index (χ1n) is 5.68. The molecule has 2 aromatic rings. The van der Waals surface area contributed by atoms with Crippen LogP contribution in [0.3, 0.4) is 0 Å². The Kier molecular flexibility index (Phi) is 3.77. The third-order valence-corrected chi connectivity index (χ3v) is 3.66. The highest BCUT2D eigenvalue weighted by Gasteiger charge is 2.26. The number of rotatable bonds is 4. The van der Waals surface area contributed by atoms with Gasteiger partial charge in [-0.25, -0.2) is 15.8 Å². The summed E-state index contributed by atoms with van der Waals surface area (Å²) >= 11 is 1.50. The Balaban J connectivity index is 2.16. The van der Waals surface area contributed by atoms with Crippen LogP contribution in [-0.4, -0.2) is 15.9 Å². The van der Waals surface area contributed by atoms with Crippen molar-refractivity contribution < 1.29 is 4.79 Å². The Hall–Kier alpha value is -1.99. The van der Waals surface area contributed by atoms with Crippen molar-refractivity contribution in [3.8, 4) is 0 Å². The summed E-state index contributed by atoms with van der Waals surface area (Å²) in [6.45, 7) is 3.82. The fourth-order valence-electron chi connectivity index (χ4n) is 1.59. The SMILES string of the molecule is CC(C)(NC(=O)c1ccnc(NN)c1)c1nccs1. The lowest BCUT2D eigenvalue weighted by Crippen LogP contribution is -2.40. The van der Waals surface area contributed by atoms with Crippen molar-refractivity contribution in [3.05, 3.63) is 40.5 Å². The van der Waals surface area contributed by atoms with Crippen LogP contribution in [0, 0.1) is 0 Å². The Labute approximate surface area is 115 Å². The van der Waals surface area contributed by atoms with Crippen LogP contribution in [0.2, 0.25) is 0 Å². The first-order chi connectivity index (χ1) is 9.03. The van der Waals surface area contributed by atoms with Crippen molar-refractivity contribution in [3.63, 3.8) is 0 Å². The Bertz CT molecular complexity index is 567. The summed E-state index contributed by atoms with van der Waals surface area (Å²) in [5.41, 5.74) is 2.38. The standard InChI is InChI=1S/C12H15N5OS/c1-12(2,11-15-5-6-19-11)16-10(18)8-3-4-14-9(7-8)17-13/h3-7H,13H2,1-2H3,(H,14,17)(H,16,18). The number of amides is 1. The monoisotopic (exact) mass is 277 g/mol. The van der Waals surface area contributed by atoms with Crippen LogP contribution >= 0.6 is 11.3 Å². The number of carbonyl (C=O) groups is 1. The fraction of sp³-hybridized carbons (Fsp3) is 0.250.